The molecule has 0 aliphatic rings. The molecular formula is C23H26N2O4. The molecule has 0 radical (unpaired) electrons. The average molecular weight is 394 g/mol. The van der Waals surface area contributed by atoms with Crippen LogP contribution in [0.5, 0.6) is 0 Å². The van der Waals surface area contributed by atoms with Crippen LogP contribution in [0.25, 0.3) is 6.08 Å². The second-order valence-corrected chi connectivity index (χ2v) is 6.58. The molecule has 2 N–H and O–H groups in total. The highest BCUT2D eigenvalue weighted by atomic mass is 16.5. The first kappa shape index (κ1) is 21.9. The average Bonchev–Trinajstić information content (AvgIpc) is 2.73. The number of nitrogens with one attached hydrogen (secondary N) is 2. The molecule has 2 amide bonds. The second kappa shape index (κ2) is 11.4. The van der Waals surface area contributed by atoms with E-state index in [1.807, 2.05) is 72.8 Å². The van der Waals surface area contributed by atoms with Gasteiger partial charge >= 0.3 is 5.97 Å². The molecule has 0 bridgehead atoms. The lowest BCUT2D eigenvalue weighted by Gasteiger charge is -2.21. The number of hydrogen-bond acceptors (Lipinski definition) is 4. The van der Waals surface area contributed by atoms with Crippen LogP contribution in [0, 0.1) is 0 Å². The van der Waals surface area contributed by atoms with E-state index >= 15 is 0 Å². The SMILES string of the molecule is COC(=O)[C@H](C/C=C/c1ccccc1)NC(=O)[C@@H](Cc1ccccc1)NC(C)=O. The van der Waals surface area contributed by atoms with Crippen LogP contribution >= 0.6 is 0 Å². The Balaban J connectivity index is 2.07. The van der Waals surface area contributed by atoms with E-state index < -0.39 is 24.0 Å². The highest BCUT2D eigenvalue weighted by Gasteiger charge is 2.26. The molecule has 0 heterocycles. The van der Waals surface area contributed by atoms with Crippen LogP contribution in [0.1, 0.15) is 24.5 Å². The van der Waals surface area contributed by atoms with Crippen LogP contribution in [0.3, 0.4) is 0 Å². The number of carbonyl (C=O) groups excluding carboxylic acids is 3. The summed E-state index contributed by atoms with van der Waals surface area (Å²) in [4.78, 5) is 36.5. The standard InChI is InChI=1S/C23H26N2O4/c1-17(26)24-21(16-19-12-7-4-8-13-19)22(27)25-20(23(28)29-2)15-9-14-18-10-5-3-6-11-18/h3-14,20-21H,15-16H2,1-2H3,(H,24,26)(H,25,27)/b14-9+/t20-,21+/m0/s1. The molecule has 0 saturated carbocycles. The largest absolute Gasteiger partial charge is 0.467 e. The fourth-order valence-corrected chi connectivity index (χ4v) is 2.84. The summed E-state index contributed by atoms with van der Waals surface area (Å²) < 4.78 is 4.82. The number of rotatable bonds is 9. The monoisotopic (exact) mass is 394 g/mol. The Morgan fingerprint density at radius 2 is 1.55 bits per heavy atom. The lowest BCUT2D eigenvalue weighted by Crippen LogP contribution is -2.52. The van der Waals surface area contributed by atoms with Crippen molar-refractivity contribution < 1.29 is 19.1 Å². The molecule has 152 valence electrons. The third-order valence-corrected chi connectivity index (χ3v) is 4.26. The van der Waals surface area contributed by atoms with E-state index in [4.69, 9.17) is 4.74 Å². The fraction of sp³-hybridized carbons (Fsp3) is 0.261. The highest BCUT2D eigenvalue weighted by molar-refractivity contribution is 5.90. The molecule has 0 saturated heterocycles. The van der Waals surface area contributed by atoms with Gasteiger partial charge in [0.05, 0.1) is 7.11 Å². The van der Waals surface area contributed by atoms with Gasteiger partial charge in [-0.25, -0.2) is 4.79 Å². The molecule has 0 unspecified atom stereocenters. The van der Waals surface area contributed by atoms with Gasteiger partial charge in [0.15, 0.2) is 0 Å². The van der Waals surface area contributed by atoms with Crippen LogP contribution in [-0.2, 0) is 25.5 Å². The van der Waals surface area contributed by atoms with E-state index in [-0.39, 0.29) is 12.3 Å². The van der Waals surface area contributed by atoms with E-state index in [9.17, 15) is 14.4 Å². The maximum atomic E-state index is 12.8. The van der Waals surface area contributed by atoms with Gasteiger partial charge in [0.1, 0.15) is 12.1 Å². The summed E-state index contributed by atoms with van der Waals surface area (Å²) in [6, 6.07) is 17.4. The van der Waals surface area contributed by atoms with Crippen LogP contribution in [0.2, 0.25) is 0 Å². The minimum atomic E-state index is -0.848. The molecule has 2 aromatic carbocycles. The summed E-state index contributed by atoms with van der Waals surface area (Å²) in [5, 5.41) is 5.35. The molecule has 2 aromatic rings. The van der Waals surface area contributed by atoms with Gasteiger partial charge in [-0.2, -0.15) is 0 Å². The van der Waals surface area contributed by atoms with Crippen LogP contribution in [-0.4, -0.2) is 37.0 Å². The van der Waals surface area contributed by atoms with Crippen molar-refractivity contribution >= 4 is 23.9 Å². The summed E-state index contributed by atoms with van der Waals surface area (Å²) in [5.74, 6) is -1.30. The lowest BCUT2D eigenvalue weighted by atomic mass is 10.0. The van der Waals surface area contributed by atoms with Crippen molar-refractivity contribution in [2.45, 2.75) is 31.8 Å². The van der Waals surface area contributed by atoms with Crippen molar-refractivity contribution in [3.05, 3.63) is 77.9 Å². The molecule has 6 nitrogen and oxygen atoms in total. The van der Waals surface area contributed by atoms with E-state index in [2.05, 4.69) is 10.6 Å². The van der Waals surface area contributed by atoms with E-state index in [0.717, 1.165) is 11.1 Å². The van der Waals surface area contributed by atoms with Gasteiger partial charge in [-0.15, -0.1) is 0 Å². The highest BCUT2D eigenvalue weighted by Crippen LogP contribution is 2.07. The zero-order valence-electron chi connectivity index (χ0n) is 16.6. The Morgan fingerprint density at radius 3 is 2.14 bits per heavy atom. The molecular weight excluding hydrogens is 368 g/mol. The quantitative estimate of drug-likeness (QED) is 0.640. The van der Waals surface area contributed by atoms with Gasteiger partial charge in [0, 0.05) is 13.3 Å². The summed E-state index contributed by atoms with van der Waals surface area (Å²) in [7, 11) is 1.28. The van der Waals surface area contributed by atoms with Gasteiger partial charge in [-0.3, -0.25) is 9.59 Å². The number of benzene rings is 2. The van der Waals surface area contributed by atoms with E-state index in [1.165, 1.54) is 14.0 Å². The van der Waals surface area contributed by atoms with E-state index in [1.54, 1.807) is 0 Å². The van der Waals surface area contributed by atoms with Crippen molar-refractivity contribution in [1.82, 2.24) is 10.6 Å². The van der Waals surface area contributed by atoms with Gasteiger partial charge in [-0.1, -0.05) is 72.8 Å². The van der Waals surface area contributed by atoms with Gasteiger partial charge in [0.2, 0.25) is 11.8 Å². The second-order valence-electron chi connectivity index (χ2n) is 6.58. The molecule has 0 aliphatic heterocycles. The Morgan fingerprint density at radius 1 is 0.931 bits per heavy atom. The van der Waals surface area contributed by atoms with Crippen molar-refractivity contribution in [3.8, 4) is 0 Å². The van der Waals surface area contributed by atoms with Gasteiger partial charge in [-0.05, 0) is 17.5 Å². The minimum absolute atomic E-state index is 0.269. The molecule has 29 heavy (non-hydrogen) atoms. The first-order valence-corrected chi connectivity index (χ1v) is 9.40. The Kier molecular flexibility index (Phi) is 8.63. The molecule has 6 heteroatoms. The first-order valence-electron chi connectivity index (χ1n) is 9.40. The summed E-state index contributed by atoms with van der Waals surface area (Å²) in [6.07, 6.45) is 4.27. The molecule has 2 atom stereocenters. The minimum Gasteiger partial charge on any atom is -0.467 e. The molecule has 2 rings (SSSR count). The molecule has 0 aromatic heterocycles. The van der Waals surface area contributed by atoms with E-state index in [0.29, 0.717) is 6.42 Å². The number of carbonyl (C=O) groups is 3. The predicted molar refractivity (Wildman–Crippen MR) is 112 cm³/mol. The Bertz CT molecular complexity index is 834. The number of methoxy groups -OCH3 is 1. The van der Waals surface area contributed by atoms with Gasteiger partial charge in [0.25, 0.3) is 0 Å². The predicted octanol–water partition coefficient (Wildman–Crippen LogP) is 2.50. The topological polar surface area (TPSA) is 84.5 Å². The number of esters is 1. The van der Waals surface area contributed by atoms with Crippen LogP contribution < -0.4 is 10.6 Å². The number of hydrogen-bond donors (Lipinski definition) is 2. The van der Waals surface area contributed by atoms with Crippen molar-refractivity contribution in [1.29, 1.82) is 0 Å². The van der Waals surface area contributed by atoms with Crippen molar-refractivity contribution in [2.24, 2.45) is 0 Å². The lowest BCUT2D eigenvalue weighted by molar-refractivity contribution is -0.145. The summed E-state index contributed by atoms with van der Waals surface area (Å²) in [6.45, 7) is 1.35. The fourth-order valence-electron chi connectivity index (χ4n) is 2.84. The normalized spacial score (nSPS) is 12.8. The Labute approximate surface area is 171 Å². The molecule has 0 spiro atoms. The number of ether oxygens (including phenoxy) is 1. The third-order valence-electron chi connectivity index (χ3n) is 4.26. The maximum absolute atomic E-state index is 12.8. The van der Waals surface area contributed by atoms with Gasteiger partial charge < -0.3 is 15.4 Å². The van der Waals surface area contributed by atoms with Crippen molar-refractivity contribution in [2.75, 3.05) is 7.11 Å². The van der Waals surface area contributed by atoms with Crippen LogP contribution in [0.15, 0.2) is 66.7 Å². The summed E-state index contributed by atoms with van der Waals surface area (Å²) >= 11 is 0. The smallest absolute Gasteiger partial charge is 0.328 e. The first-order chi connectivity index (χ1) is 14.0. The molecule has 0 fully saturated rings. The zero-order valence-corrected chi connectivity index (χ0v) is 16.6. The Hall–Kier alpha value is -3.41. The third kappa shape index (κ3) is 7.62. The number of amides is 2. The molecule has 0 aliphatic carbocycles. The zero-order chi connectivity index (χ0) is 21.1. The summed E-state index contributed by atoms with van der Waals surface area (Å²) in [5.41, 5.74) is 1.89. The van der Waals surface area contributed by atoms with Crippen LogP contribution in [0.4, 0.5) is 0 Å². The maximum Gasteiger partial charge on any atom is 0.328 e. The van der Waals surface area contributed by atoms with Crippen molar-refractivity contribution in [3.63, 3.8) is 0 Å².